The molecule has 3 aliphatic rings. The number of hydrogen-bond acceptors (Lipinski definition) is 3. The largest absolute Gasteiger partial charge is 0.372 e. The Bertz CT molecular complexity index is 320. The van der Waals surface area contributed by atoms with Crippen LogP contribution in [-0.2, 0) is 9.47 Å². The van der Waals surface area contributed by atoms with Crippen LogP contribution in [0.2, 0.25) is 0 Å². The fraction of sp³-hybridized carbons (Fsp3) is 1.00. The van der Waals surface area contributed by atoms with Crippen molar-refractivity contribution in [2.45, 2.75) is 75.8 Å². The molecule has 20 heavy (non-hydrogen) atoms. The number of halogens is 1. The number of nitrogens with zero attached hydrogens (tertiary/aromatic N) is 1. The van der Waals surface area contributed by atoms with Gasteiger partial charge in [-0.05, 0) is 32.6 Å². The monoisotopic (exact) mass is 345 g/mol. The zero-order valence-electron chi connectivity index (χ0n) is 12.7. The fourth-order valence-electron chi connectivity index (χ4n) is 4.25. The fourth-order valence-corrected chi connectivity index (χ4v) is 4.61. The SMILES string of the molecule is CC1CN(CC2CCC3(CCCCC3)O2)CC(CBr)O1. The van der Waals surface area contributed by atoms with E-state index in [9.17, 15) is 0 Å². The number of ether oxygens (including phenoxy) is 2. The van der Waals surface area contributed by atoms with E-state index < -0.39 is 0 Å². The van der Waals surface area contributed by atoms with Gasteiger partial charge in [-0.1, -0.05) is 35.2 Å². The maximum Gasteiger partial charge on any atom is 0.0802 e. The van der Waals surface area contributed by atoms with Crippen LogP contribution in [0.3, 0.4) is 0 Å². The number of morpholine rings is 1. The van der Waals surface area contributed by atoms with E-state index in [-0.39, 0.29) is 5.60 Å². The molecule has 0 N–H and O–H groups in total. The van der Waals surface area contributed by atoms with Crippen LogP contribution in [-0.4, -0.2) is 53.8 Å². The number of rotatable bonds is 3. The second kappa shape index (κ2) is 6.64. The normalized spacial score (nSPS) is 38.4. The average molecular weight is 346 g/mol. The Kier molecular flexibility index (Phi) is 5.06. The molecule has 3 rings (SSSR count). The van der Waals surface area contributed by atoms with E-state index in [2.05, 4.69) is 27.8 Å². The van der Waals surface area contributed by atoms with Crippen LogP contribution in [0.1, 0.15) is 51.9 Å². The van der Waals surface area contributed by atoms with Crippen molar-refractivity contribution in [1.29, 1.82) is 0 Å². The first kappa shape index (κ1) is 15.3. The van der Waals surface area contributed by atoms with Crippen molar-refractivity contribution in [3.63, 3.8) is 0 Å². The average Bonchev–Trinajstić information content (AvgIpc) is 2.81. The third-order valence-corrected chi connectivity index (χ3v) is 5.86. The summed E-state index contributed by atoms with van der Waals surface area (Å²) >= 11 is 3.55. The molecule has 3 fully saturated rings. The van der Waals surface area contributed by atoms with Crippen LogP contribution >= 0.6 is 15.9 Å². The van der Waals surface area contributed by atoms with Crippen molar-refractivity contribution in [3.05, 3.63) is 0 Å². The molecule has 0 aromatic carbocycles. The first-order valence-electron chi connectivity index (χ1n) is 8.31. The minimum atomic E-state index is 0.260. The van der Waals surface area contributed by atoms with Gasteiger partial charge in [-0.2, -0.15) is 0 Å². The summed E-state index contributed by atoms with van der Waals surface area (Å²) in [4.78, 5) is 2.55. The second-order valence-corrected chi connectivity index (χ2v) is 7.61. The molecule has 0 radical (unpaired) electrons. The van der Waals surface area contributed by atoms with Crippen molar-refractivity contribution in [2.75, 3.05) is 25.0 Å². The van der Waals surface area contributed by atoms with E-state index in [1.165, 1.54) is 44.9 Å². The minimum absolute atomic E-state index is 0.260. The van der Waals surface area contributed by atoms with Gasteiger partial charge in [0.05, 0.1) is 23.9 Å². The lowest BCUT2D eigenvalue weighted by atomic mass is 9.83. The van der Waals surface area contributed by atoms with E-state index in [1.807, 2.05) is 0 Å². The van der Waals surface area contributed by atoms with Gasteiger partial charge in [-0.25, -0.2) is 0 Å². The summed E-state index contributed by atoms with van der Waals surface area (Å²) in [5, 5.41) is 0.934. The van der Waals surface area contributed by atoms with Gasteiger partial charge in [-0.15, -0.1) is 0 Å². The van der Waals surface area contributed by atoms with Gasteiger partial charge in [0.25, 0.3) is 0 Å². The molecule has 4 heteroatoms. The summed E-state index contributed by atoms with van der Waals surface area (Å²) in [6, 6.07) is 0. The first-order chi connectivity index (χ1) is 9.69. The summed E-state index contributed by atoms with van der Waals surface area (Å²) < 4.78 is 12.4. The standard InChI is InChI=1S/C16H28BrNO2/c1-13-10-18(12-15(9-17)19-13)11-14-5-8-16(20-14)6-3-2-4-7-16/h13-15H,2-12H2,1H3. The molecule has 2 saturated heterocycles. The van der Waals surface area contributed by atoms with E-state index >= 15 is 0 Å². The van der Waals surface area contributed by atoms with E-state index in [0.717, 1.165) is 25.0 Å². The summed E-state index contributed by atoms with van der Waals surface area (Å²) in [5.74, 6) is 0. The summed E-state index contributed by atoms with van der Waals surface area (Å²) in [6.07, 6.45) is 10.4. The molecule has 1 aliphatic carbocycles. The lowest BCUT2D eigenvalue weighted by Gasteiger charge is -2.38. The second-order valence-electron chi connectivity index (χ2n) is 6.96. The maximum atomic E-state index is 6.50. The molecule has 2 aliphatic heterocycles. The van der Waals surface area contributed by atoms with Crippen LogP contribution in [0, 0.1) is 0 Å². The molecule has 1 saturated carbocycles. The highest BCUT2D eigenvalue weighted by atomic mass is 79.9. The molecule has 0 amide bonds. The Morgan fingerprint density at radius 1 is 1.10 bits per heavy atom. The minimum Gasteiger partial charge on any atom is -0.372 e. The van der Waals surface area contributed by atoms with Gasteiger partial charge >= 0.3 is 0 Å². The van der Waals surface area contributed by atoms with Crippen LogP contribution in [0.15, 0.2) is 0 Å². The molecule has 3 atom stereocenters. The molecule has 1 spiro atoms. The molecule has 3 unspecified atom stereocenters. The van der Waals surface area contributed by atoms with Gasteiger partial charge in [0.2, 0.25) is 0 Å². The zero-order valence-corrected chi connectivity index (χ0v) is 14.2. The summed E-state index contributed by atoms with van der Waals surface area (Å²) in [6.45, 7) is 5.37. The highest BCUT2D eigenvalue weighted by molar-refractivity contribution is 9.09. The smallest absolute Gasteiger partial charge is 0.0802 e. The number of hydrogen-bond donors (Lipinski definition) is 0. The van der Waals surface area contributed by atoms with Crippen LogP contribution in [0.4, 0.5) is 0 Å². The lowest BCUT2D eigenvalue weighted by molar-refractivity contribution is -0.0999. The first-order valence-corrected chi connectivity index (χ1v) is 9.43. The molecular formula is C16H28BrNO2. The number of alkyl halides is 1. The van der Waals surface area contributed by atoms with Crippen molar-refractivity contribution >= 4 is 15.9 Å². The third-order valence-electron chi connectivity index (χ3n) is 5.14. The van der Waals surface area contributed by atoms with E-state index in [1.54, 1.807) is 0 Å². The topological polar surface area (TPSA) is 21.7 Å². The zero-order chi connectivity index (χ0) is 14.0. The van der Waals surface area contributed by atoms with Crippen LogP contribution in [0.5, 0.6) is 0 Å². The van der Waals surface area contributed by atoms with Gasteiger partial charge in [0.1, 0.15) is 0 Å². The molecule has 0 aromatic rings. The van der Waals surface area contributed by atoms with Gasteiger partial charge in [0, 0.05) is 25.0 Å². The Morgan fingerprint density at radius 2 is 1.90 bits per heavy atom. The summed E-state index contributed by atoms with van der Waals surface area (Å²) in [5.41, 5.74) is 0.260. The molecule has 0 bridgehead atoms. The van der Waals surface area contributed by atoms with E-state index in [0.29, 0.717) is 18.3 Å². The molecular weight excluding hydrogens is 318 g/mol. The highest BCUT2D eigenvalue weighted by Crippen LogP contribution is 2.42. The molecule has 0 aromatic heterocycles. The summed E-state index contributed by atoms with van der Waals surface area (Å²) in [7, 11) is 0. The van der Waals surface area contributed by atoms with Crippen molar-refractivity contribution in [1.82, 2.24) is 4.90 Å². The van der Waals surface area contributed by atoms with Crippen LogP contribution in [0.25, 0.3) is 0 Å². The Labute approximate surface area is 131 Å². The van der Waals surface area contributed by atoms with E-state index in [4.69, 9.17) is 9.47 Å². The molecule has 2 heterocycles. The van der Waals surface area contributed by atoms with Crippen molar-refractivity contribution in [2.24, 2.45) is 0 Å². The van der Waals surface area contributed by atoms with Crippen LogP contribution < -0.4 is 0 Å². The Hall–Kier alpha value is 0.360. The van der Waals surface area contributed by atoms with Crippen molar-refractivity contribution < 1.29 is 9.47 Å². The van der Waals surface area contributed by atoms with Gasteiger partial charge in [-0.3, -0.25) is 4.90 Å². The molecule has 3 nitrogen and oxygen atoms in total. The Balaban J connectivity index is 1.51. The third kappa shape index (κ3) is 3.57. The highest BCUT2D eigenvalue weighted by Gasteiger charge is 2.41. The van der Waals surface area contributed by atoms with Gasteiger partial charge < -0.3 is 9.47 Å². The quantitative estimate of drug-likeness (QED) is 0.732. The molecule has 116 valence electrons. The predicted octanol–water partition coefficient (Wildman–Crippen LogP) is 3.35. The van der Waals surface area contributed by atoms with Crippen molar-refractivity contribution in [3.8, 4) is 0 Å². The van der Waals surface area contributed by atoms with Gasteiger partial charge in [0.15, 0.2) is 0 Å². The maximum absolute atomic E-state index is 6.50. The predicted molar refractivity (Wildman–Crippen MR) is 84.5 cm³/mol. The lowest BCUT2D eigenvalue weighted by Crippen LogP contribution is -2.49. The Morgan fingerprint density at radius 3 is 2.65 bits per heavy atom.